The highest BCUT2D eigenvalue weighted by atomic mass is 16.1. The maximum atomic E-state index is 12.0. The lowest BCUT2D eigenvalue weighted by Gasteiger charge is -2.04. The van der Waals surface area contributed by atoms with E-state index in [-0.39, 0.29) is 5.91 Å². The molecule has 0 aliphatic rings. The first-order valence-corrected chi connectivity index (χ1v) is 7.52. The average molecular weight is 301 g/mol. The summed E-state index contributed by atoms with van der Waals surface area (Å²) in [6, 6.07) is 1.81. The number of amides is 1. The molecule has 22 heavy (non-hydrogen) atoms. The number of aryl methyl sites for hydroxylation is 2. The Kier molecular flexibility index (Phi) is 5.14. The number of carbonyl (C=O) groups is 1. The lowest BCUT2D eigenvalue weighted by molar-refractivity contribution is -0.116. The van der Waals surface area contributed by atoms with Gasteiger partial charge in [-0.2, -0.15) is 10.2 Å². The van der Waals surface area contributed by atoms with Gasteiger partial charge in [-0.3, -0.25) is 14.2 Å². The molecule has 0 aliphatic carbocycles. The molecular weight excluding hydrogens is 278 g/mol. The van der Waals surface area contributed by atoms with Crippen LogP contribution < -0.4 is 5.32 Å². The Morgan fingerprint density at radius 1 is 1.41 bits per heavy atom. The van der Waals surface area contributed by atoms with E-state index in [4.69, 9.17) is 0 Å². The lowest BCUT2D eigenvalue weighted by atomic mass is 10.1. The van der Waals surface area contributed by atoms with Gasteiger partial charge in [0, 0.05) is 30.9 Å². The van der Waals surface area contributed by atoms with Crippen LogP contribution in [-0.4, -0.2) is 25.5 Å². The van der Waals surface area contributed by atoms with Gasteiger partial charge in [0.2, 0.25) is 5.91 Å². The van der Waals surface area contributed by atoms with Crippen molar-refractivity contribution >= 4 is 11.7 Å². The molecule has 2 aromatic rings. The highest BCUT2D eigenvalue weighted by Gasteiger charge is 2.13. The molecule has 2 rings (SSSR count). The standard InChI is InChI=1S/C16H23N5O/c1-5-10-21-13(4)14(12(3)18-21)7-8-16(22)17-15-9-11-20(6-2)19-15/h5,9,11H,1,6-8,10H2,2-4H3,(H,17,19,22). The van der Waals surface area contributed by atoms with Crippen LogP contribution in [0.2, 0.25) is 0 Å². The van der Waals surface area contributed by atoms with Gasteiger partial charge in [0.1, 0.15) is 0 Å². The van der Waals surface area contributed by atoms with Gasteiger partial charge in [0.15, 0.2) is 5.82 Å². The molecule has 0 aliphatic heterocycles. The Morgan fingerprint density at radius 3 is 2.82 bits per heavy atom. The highest BCUT2D eigenvalue weighted by Crippen LogP contribution is 2.15. The number of anilines is 1. The van der Waals surface area contributed by atoms with Crippen LogP contribution in [0.5, 0.6) is 0 Å². The van der Waals surface area contributed by atoms with E-state index in [1.807, 2.05) is 37.7 Å². The molecule has 1 N–H and O–H groups in total. The fraction of sp³-hybridized carbons (Fsp3) is 0.438. The Morgan fingerprint density at radius 2 is 2.18 bits per heavy atom. The molecule has 2 heterocycles. The predicted octanol–water partition coefficient (Wildman–Crippen LogP) is 2.47. The van der Waals surface area contributed by atoms with E-state index in [1.54, 1.807) is 10.7 Å². The molecule has 6 heteroatoms. The van der Waals surface area contributed by atoms with E-state index in [2.05, 4.69) is 22.1 Å². The molecule has 0 aromatic carbocycles. The number of hydrogen-bond donors (Lipinski definition) is 1. The molecule has 2 aromatic heterocycles. The van der Waals surface area contributed by atoms with E-state index in [0.29, 0.717) is 25.2 Å². The monoisotopic (exact) mass is 301 g/mol. The molecule has 0 unspecified atom stereocenters. The minimum Gasteiger partial charge on any atom is -0.309 e. The smallest absolute Gasteiger partial charge is 0.225 e. The summed E-state index contributed by atoms with van der Waals surface area (Å²) >= 11 is 0. The summed E-state index contributed by atoms with van der Waals surface area (Å²) in [5.74, 6) is 0.569. The van der Waals surface area contributed by atoms with Gasteiger partial charge in [0.05, 0.1) is 12.2 Å². The number of nitrogens with one attached hydrogen (secondary N) is 1. The van der Waals surface area contributed by atoms with E-state index >= 15 is 0 Å². The molecule has 1 amide bonds. The SMILES string of the molecule is C=CCn1nc(C)c(CCC(=O)Nc2ccn(CC)n2)c1C. The minimum absolute atomic E-state index is 0.0309. The first kappa shape index (κ1) is 16.0. The summed E-state index contributed by atoms with van der Waals surface area (Å²) < 4.78 is 3.70. The zero-order chi connectivity index (χ0) is 16.1. The predicted molar refractivity (Wildman–Crippen MR) is 86.7 cm³/mol. The molecule has 0 fully saturated rings. The fourth-order valence-corrected chi connectivity index (χ4v) is 2.44. The van der Waals surface area contributed by atoms with Gasteiger partial charge >= 0.3 is 0 Å². The summed E-state index contributed by atoms with van der Waals surface area (Å²) in [5.41, 5.74) is 3.21. The third-order valence-corrected chi connectivity index (χ3v) is 3.67. The number of rotatable bonds is 7. The van der Waals surface area contributed by atoms with Crippen molar-refractivity contribution in [2.45, 2.75) is 46.7 Å². The van der Waals surface area contributed by atoms with Crippen molar-refractivity contribution in [1.29, 1.82) is 0 Å². The van der Waals surface area contributed by atoms with E-state index in [0.717, 1.165) is 23.5 Å². The Labute approximate surface area is 130 Å². The topological polar surface area (TPSA) is 64.7 Å². The number of hydrogen-bond acceptors (Lipinski definition) is 3. The van der Waals surface area contributed by atoms with Crippen molar-refractivity contribution in [2.24, 2.45) is 0 Å². The maximum absolute atomic E-state index is 12.0. The first-order valence-electron chi connectivity index (χ1n) is 7.52. The molecule has 0 radical (unpaired) electrons. The number of aromatic nitrogens is 4. The van der Waals surface area contributed by atoms with Gasteiger partial charge < -0.3 is 5.32 Å². The lowest BCUT2D eigenvalue weighted by Crippen LogP contribution is -2.13. The normalized spacial score (nSPS) is 10.7. The zero-order valence-corrected chi connectivity index (χ0v) is 13.5. The summed E-state index contributed by atoms with van der Waals surface area (Å²) in [5, 5.41) is 11.5. The highest BCUT2D eigenvalue weighted by molar-refractivity contribution is 5.89. The van der Waals surface area contributed by atoms with Crippen molar-refractivity contribution in [3.05, 3.63) is 41.9 Å². The third-order valence-electron chi connectivity index (χ3n) is 3.67. The summed E-state index contributed by atoms with van der Waals surface area (Å²) in [4.78, 5) is 12.0. The summed E-state index contributed by atoms with van der Waals surface area (Å²) in [6.45, 7) is 11.2. The van der Waals surface area contributed by atoms with Crippen molar-refractivity contribution in [1.82, 2.24) is 19.6 Å². The van der Waals surface area contributed by atoms with Crippen molar-refractivity contribution in [2.75, 3.05) is 5.32 Å². The van der Waals surface area contributed by atoms with Gasteiger partial charge in [-0.1, -0.05) is 6.08 Å². The minimum atomic E-state index is -0.0309. The number of allylic oxidation sites excluding steroid dienone is 1. The Hall–Kier alpha value is -2.37. The molecule has 0 spiro atoms. The Bertz CT molecular complexity index is 668. The van der Waals surface area contributed by atoms with Crippen molar-refractivity contribution in [3.63, 3.8) is 0 Å². The second-order valence-electron chi connectivity index (χ2n) is 5.23. The average Bonchev–Trinajstić information content (AvgIpc) is 3.03. The van der Waals surface area contributed by atoms with Crippen LogP contribution in [0.25, 0.3) is 0 Å². The van der Waals surface area contributed by atoms with Crippen LogP contribution in [0.4, 0.5) is 5.82 Å². The van der Waals surface area contributed by atoms with Crippen LogP contribution >= 0.6 is 0 Å². The maximum Gasteiger partial charge on any atom is 0.225 e. The first-order chi connectivity index (χ1) is 10.5. The van der Waals surface area contributed by atoms with Crippen LogP contribution in [0.1, 0.15) is 30.3 Å². The van der Waals surface area contributed by atoms with Gasteiger partial charge in [-0.25, -0.2) is 0 Å². The third kappa shape index (κ3) is 3.63. The van der Waals surface area contributed by atoms with Crippen molar-refractivity contribution < 1.29 is 4.79 Å². The zero-order valence-electron chi connectivity index (χ0n) is 13.5. The molecule has 6 nitrogen and oxygen atoms in total. The fourth-order valence-electron chi connectivity index (χ4n) is 2.44. The Balaban J connectivity index is 1.94. The molecular formula is C16H23N5O. The van der Waals surface area contributed by atoms with Crippen LogP contribution in [-0.2, 0) is 24.3 Å². The molecule has 0 bridgehead atoms. The largest absolute Gasteiger partial charge is 0.309 e. The molecule has 0 atom stereocenters. The van der Waals surface area contributed by atoms with Crippen LogP contribution in [0, 0.1) is 13.8 Å². The van der Waals surface area contributed by atoms with Gasteiger partial charge in [0.25, 0.3) is 0 Å². The van der Waals surface area contributed by atoms with E-state index in [1.165, 1.54) is 0 Å². The number of carbonyl (C=O) groups excluding carboxylic acids is 1. The molecule has 0 saturated carbocycles. The molecule has 118 valence electrons. The second-order valence-corrected chi connectivity index (χ2v) is 5.23. The van der Waals surface area contributed by atoms with E-state index < -0.39 is 0 Å². The van der Waals surface area contributed by atoms with Crippen molar-refractivity contribution in [3.8, 4) is 0 Å². The summed E-state index contributed by atoms with van der Waals surface area (Å²) in [6.07, 6.45) is 4.76. The van der Waals surface area contributed by atoms with E-state index in [9.17, 15) is 4.79 Å². The second kappa shape index (κ2) is 7.06. The van der Waals surface area contributed by atoms with Gasteiger partial charge in [-0.15, -0.1) is 6.58 Å². The van der Waals surface area contributed by atoms with Crippen LogP contribution in [0.3, 0.4) is 0 Å². The van der Waals surface area contributed by atoms with Crippen LogP contribution in [0.15, 0.2) is 24.9 Å². The number of nitrogens with zero attached hydrogens (tertiary/aromatic N) is 4. The summed E-state index contributed by atoms with van der Waals surface area (Å²) in [7, 11) is 0. The quantitative estimate of drug-likeness (QED) is 0.799. The van der Waals surface area contributed by atoms with Gasteiger partial charge in [-0.05, 0) is 32.8 Å². The molecule has 0 saturated heterocycles.